The molecular formula is C13H13N. The van der Waals surface area contributed by atoms with E-state index in [4.69, 9.17) is 5.26 Å². The fourth-order valence-corrected chi connectivity index (χ4v) is 1.07. The zero-order chi connectivity index (χ0) is 10.4. The minimum Gasteiger partial charge on any atom is -0.192 e. The van der Waals surface area contributed by atoms with Crippen LogP contribution in [-0.2, 0) is 0 Å². The highest BCUT2D eigenvalue weighted by molar-refractivity contribution is 5.77. The van der Waals surface area contributed by atoms with Crippen molar-refractivity contribution in [3.63, 3.8) is 0 Å². The monoisotopic (exact) mass is 183 g/mol. The highest BCUT2D eigenvalue weighted by Crippen LogP contribution is 2.12. The van der Waals surface area contributed by atoms with Crippen molar-refractivity contribution in [1.82, 2.24) is 0 Å². The standard InChI is InChI=1S/C13H13N/c1-11(2)8-9-13(10-14)12-6-4-3-5-7-12/h3-9H,1-2H3. The van der Waals surface area contributed by atoms with Gasteiger partial charge in [-0.2, -0.15) is 5.26 Å². The lowest BCUT2D eigenvalue weighted by Gasteiger charge is -1.96. The molecule has 0 saturated carbocycles. The second kappa shape index (κ2) is 5.04. The largest absolute Gasteiger partial charge is 0.192 e. The molecule has 0 heterocycles. The van der Waals surface area contributed by atoms with Gasteiger partial charge in [-0.1, -0.05) is 42.0 Å². The van der Waals surface area contributed by atoms with Crippen molar-refractivity contribution >= 4 is 5.57 Å². The average molecular weight is 183 g/mol. The molecule has 0 spiro atoms. The first-order chi connectivity index (χ1) is 6.74. The Kier molecular flexibility index (Phi) is 3.69. The van der Waals surface area contributed by atoms with Crippen LogP contribution in [0.2, 0.25) is 0 Å². The molecule has 0 aliphatic carbocycles. The Hall–Kier alpha value is -1.81. The van der Waals surface area contributed by atoms with E-state index in [1.807, 2.05) is 56.3 Å². The highest BCUT2D eigenvalue weighted by Gasteiger charge is 1.96. The molecule has 0 unspecified atom stereocenters. The van der Waals surface area contributed by atoms with Gasteiger partial charge in [0.1, 0.15) is 0 Å². The van der Waals surface area contributed by atoms with Crippen molar-refractivity contribution in [3.05, 3.63) is 53.6 Å². The summed E-state index contributed by atoms with van der Waals surface area (Å²) in [4.78, 5) is 0. The fourth-order valence-electron chi connectivity index (χ4n) is 1.07. The first-order valence-electron chi connectivity index (χ1n) is 4.54. The van der Waals surface area contributed by atoms with Crippen LogP contribution < -0.4 is 0 Å². The Labute approximate surface area is 85.0 Å². The van der Waals surface area contributed by atoms with Crippen LogP contribution >= 0.6 is 0 Å². The van der Waals surface area contributed by atoms with Gasteiger partial charge in [0, 0.05) is 0 Å². The third-order valence-corrected chi connectivity index (χ3v) is 1.79. The topological polar surface area (TPSA) is 23.8 Å². The zero-order valence-corrected chi connectivity index (χ0v) is 8.49. The van der Waals surface area contributed by atoms with Crippen LogP contribution in [0.1, 0.15) is 19.4 Å². The minimum absolute atomic E-state index is 0.701. The molecule has 0 N–H and O–H groups in total. The van der Waals surface area contributed by atoms with Gasteiger partial charge in [-0.3, -0.25) is 0 Å². The minimum atomic E-state index is 0.701. The van der Waals surface area contributed by atoms with Crippen LogP contribution in [0.25, 0.3) is 5.57 Å². The lowest BCUT2D eigenvalue weighted by atomic mass is 10.1. The Morgan fingerprint density at radius 2 is 1.79 bits per heavy atom. The van der Waals surface area contributed by atoms with E-state index in [1.165, 1.54) is 5.57 Å². The van der Waals surface area contributed by atoms with Gasteiger partial charge in [0.15, 0.2) is 0 Å². The molecule has 0 amide bonds. The van der Waals surface area contributed by atoms with Gasteiger partial charge in [0.25, 0.3) is 0 Å². The molecule has 1 aromatic rings. The van der Waals surface area contributed by atoms with Crippen LogP contribution in [-0.4, -0.2) is 0 Å². The summed E-state index contributed by atoms with van der Waals surface area (Å²) < 4.78 is 0. The smallest absolute Gasteiger partial charge is 0.0997 e. The van der Waals surface area contributed by atoms with Crippen LogP contribution in [0.5, 0.6) is 0 Å². The van der Waals surface area contributed by atoms with E-state index in [2.05, 4.69) is 6.07 Å². The van der Waals surface area contributed by atoms with Gasteiger partial charge in [0.2, 0.25) is 0 Å². The summed E-state index contributed by atoms with van der Waals surface area (Å²) in [6, 6.07) is 11.9. The number of nitriles is 1. The van der Waals surface area contributed by atoms with Crippen LogP contribution in [0.3, 0.4) is 0 Å². The summed E-state index contributed by atoms with van der Waals surface area (Å²) in [5.41, 5.74) is 2.85. The number of hydrogen-bond acceptors (Lipinski definition) is 1. The Morgan fingerprint density at radius 3 is 2.29 bits per heavy atom. The molecule has 1 nitrogen and oxygen atoms in total. The summed E-state index contributed by atoms with van der Waals surface area (Å²) in [5.74, 6) is 0. The Morgan fingerprint density at radius 1 is 1.14 bits per heavy atom. The number of allylic oxidation sites excluding steroid dienone is 4. The molecule has 14 heavy (non-hydrogen) atoms. The molecule has 1 rings (SSSR count). The Bertz CT molecular complexity index is 387. The number of rotatable bonds is 2. The van der Waals surface area contributed by atoms with Crippen LogP contribution in [0.15, 0.2) is 48.1 Å². The van der Waals surface area contributed by atoms with Gasteiger partial charge in [-0.25, -0.2) is 0 Å². The summed E-state index contributed by atoms with van der Waals surface area (Å²) in [5, 5.41) is 8.94. The second-order valence-electron chi connectivity index (χ2n) is 3.30. The lowest BCUT2D eigenvalue weighted by Crippen LogP contribution is -1.79. The molecule has 1 aromatic carbocycles. The lowest BCUT2D eigenvalue weighted by molar-refractivity contribution is 1.39. The summed E-state index contributed by atoms with van der Waals surface area (Å²) in [6.07, 6.45) is 3.80. The average Bonchev–Trinajstić information content (AvgIpc) is 2.20. The van der Waals surface area contributed by atoms with Gasteiger partial charge in [-0.05, 0) is 25.5 Å². The van der Waals surface area contributed by atoms with E-state index in [0.29, 0.717) is 5.57 Å². The molecule has 0 radical (unpaired) electrons. The number of benzene rings is 1. The van der Waals surface area contributed by atoms with Crippen LogP contribution in [0.4, 0.5) is 0 Å². The molecule has 0 saturated heterocycles. The van der Waals surface area contributed by atoms with Crippen molar-refractivity contribution < 1.29 is 0 Å². The van der Waals surface area contributed by atoms with Crippen molar-refractivity contribution in [2.24, 2.45) is 0 Å². The predicted octanol–water partition coefficient (Wildman–Crippen LogP) is 3.56. The molecule has 0 bridgehead atoms. The van der Waals surface area contributed by atoms with Crippen molar-refractivity contribution in [2.45, 2.75) is 13.8 Å². The van der Waals surface area contributed by atoms with Crippen LogP contribution in [0, 0.1) is 11.3 Å². The summed E-state index contributed by atoms with van der Waals surface area (Å²) in [7, 11) is 0. The second-order valence-corrected chi connectivity index (χ2v) is 3.30. The van der Waals surface area contributed by atoms with Gasteiger partial charge < -0.3 is 0 Å². The highest BCUT2D eigenvalue weighted by atomic mass is 14.2. The van der Waals surface area contributed by atoms with E-state index in [1.54, 1.807) is 0 Å². The third-order valence-electron chi connectivity index (χ3n) is 1.79. The van der Waals surface area contributed by atoms with E-state index in [9.17, 15) is 0 Å². The molecule has 0 fully saturated rings. The molecule has 0 atom stereocenters. The molecule has 0 aromatic heterocycles. The van der Waals surface area contributed by atoms with E-state index in [-0.39, 0.29) is 0 Å². The van der Waals surface area contributed by atoms with E-state index >= 15 is 0 Å². The molecule has 1 heteroatoms. The molecule has 70 valence electrons. The molecule has 0 aliphatic rings. The quantitative estimate of drug-likeness (QED) is 0.508. The van der Waals surface area contributed by atoms with Gasteiger partial charge in [-0.15, -0.1) is 0 Å². The first kappa shape index (κ1) is 10.3. The maximum atomic E-state index is 8.94. The summed E-state index contributed by atoms with van der Waals surface area (Å²) >= 11 is 0. The summed E-state index contributed by atoms with van der Waals surface area (Å²) in [6.45, 7) is 4.02. The maximum absolute atomic E-state index is 8.94. The van der Waals surface area contributed by atoms with E-state index in [0.717, 1.165) is 5.56 Å². The van der Waals surface area contributed by atoms with Gasteiger partial charge in [0.05, 0.1) is 11.6 Å². The maximum Gasteiger partial charge on any atom is 0.0997 e. The zero-order valence-electron chi connectivity index (χ0n) is 8.49. The van der Waals surface area contributed by atoms with Crippen molar-refractivity contribution in [2.75, 3.05) is 0 Å². The first-order valence-corrected chi connectivity index (χ1v) is 4.54. The van der Waals surface area contributed by atoms with Crippen molar-refractivity contribution in [3.8, 4) is 6.07 Å². The number of nitrogens with zero attached hydrogens (tertiary/aromatic N) is 1. The molecule has 0 aliphatic heterocycles. The Balaban J connectivity index is 3.01. The number of hydrogen-bond donors (Lipinski definition) is 0. The SMILES string of the molecule is CC(C)=CC=C(C#N)c1ccccc1. The normalized spacial score (nSPS) is 10.5. The predicted molar refractivity (Wildman–Crippen MR) is 59.5 cm³/mol. The van der Waals surface area contributed by atoms with Crippen molar-refractivity contribution in [1.29, 1.82) is 5.26 Å². The fraction of sp³-hybridized carbons (Fsp3) is 0.154. The van der Waals surface area contributed by atoms with Gasteiger partial charge >= 0.3 is 0 Å². The van der Waals surface area contributed by atoms with E-state index < -0.39 is 0 Å². The third kappa shape index (κ3) is 2.91. The molecular weight excluding hydrogens is 170 g/mol.